The second-order valence-corrected chi connectivity index (χ2v) is 5.37. The van der Waals surface area contributed by atoms with Crippen molar-refractivity contribution in [2.45, 2.75) is 12.8 Å². The number of hydrogen-bond acceptors (Lipinski definition) is 4. The Morgan fingerprint density at radius 2 is 1.73 bits per heavy atom. The molecule has 0 saturated carbocycles. The number of benzene rings is 2. The van der Waals surface area contributed by atoms with E-state index in [1.54, 1.807) is 24.3 Å². The van der Waals surface area contributed by atoms with E-state index in [4.69, 9.17) is 10.5 Å². The first kappa shape index (κ1) is 17.7. The number of nitrogens with zero attached hydrogens (tertiary/aromatic N) is 2. The van der Waals surface area contributed by atoms with Crippen molar-refractivity contribution in [3.63, 3.8) is 0 Å². The van der Waals surface area contributed by atoms with Crippen molar-refractivity contribution >= 4 is 5.82 Å². The minimum atomic E-state index is -4.84. The third-order valence-corrected chi connectivity index (χ3v) is 3.58. The van der Waals surface area contributed by atoms with Crippen LogP contribution >= 0.6 is 0 Å². The highest BCUT2D eigenvalue weighted by Gasteiger charge is 2.36. The number of nitrogen functional groups attached to an aromatic ring is 1. The van der Waals surface area contributed by atoms with Gasteiger partial charge in [-0.05, 0) is 6.07 Å². The Bertz CT molecular complexity index is 914. The second kappa shape index (κ2) is 6.99. The van der Waals surface area contributed by atoms with Crippen LogP contribution in [0.5, 0.6) is 5.88 Å². The normalized spacial score (nSPS) is 11.4. The minimum Gasteiger partial charge on any atom is -0.470 e. The third-order valence-electron chi connectivity index (χ3n) is 3.58. The molecule has 8 heteroatoms. The third kappa shape index (κ3) is 3.74. The molecule has 134 valence electrons. The Labute approximate surface area is 146 Å². The van der Waals surface area contributed by atoms with Gasteiger partial charge in [-0.1, -0.05) is 42.5 Å². The molecule has 1 heterocycles. The van der Waals surface area contributed by atoms with E-state index in [0.29, 0.717) is 5.69 Å². The lowest BCUT2D eigenvalue weighted by molar-refractivity contribution is -0.141. The van der Waals surface area contributed by atoms with Crippen molar-refractivity contribution in [3.8, 4) is 17.1 Å². The van der Waals surface area contributed by atoms with E-state index in [1.807, 2.05) is 6.07 Å². The van der Waals surface area contributed by atoms with Gasteiger partial charge in [0.2, 0.25) is 0 Å². The van der Waals surface area contributed by atoms with Crippen molar-refractivity contribution in [1.29, 1.82) is 0 Å². The number of alkyl halides is 3. The van der Waals surface area contributed by atoms with Crippen LogP contribution in [0.25, 0.3) is 11.3 Å². The van der Waals surface area contributed by atoms with Gasteiger partial charge in [-0.2, -0.15) is 13.2 Å². The fourth-order valence-corrected chi connectivity index (χ4v) is 2.39. The Hall–Kier alpha value is -3.16. The lowest BCUT2D eigenvalue weighted by Gasteiger charge is -2.14. The summed E-state index contributed by atoms with van der Waals surface area (Å²) in [6.07, 6.45) is -3.41. The van der Waals surface area contributed by atoms with Gasteiger partial charge in [0.05, 0.1) is 17.5 Å². The molecule has 0 unspecified atom stereocenters. The molecule has 0 spiro atoms. The molecule has 4 nitrogen and oxygen atoms in total. The number of halogens is 4. The van der Waals surface area contributed by atoms with Gasteiger partial charge < -0.3 is 10.5 Å². The largest absolute Gasteiger partial charge is 0.470 e. The number of hydrogen-bond donors (Lipinski definition) is 1. The van der Waals surface area contributed by atoms with Gasteiger partial charge in [-0.25, -0.2) is 14.4 Å². The summed E-state index contributed by atoms with van der Waals surface area (Å²) in [5.74, 6) is -1.56. The van der Waals surface area contributed by atoms with Crippen LogP contribution in [-0.4, -0.2) is 9.97 Å². The molecule has 0 saturated heterocycles. The zero-order valence-corrected chi connectivity index (χ0v) is 13.3. The Morgan fingerprint density at radius 1 is 1.00 bits per heavy atom. The predicted octanol–water partition coefficient (Wildman–Crippen LogP) is 4.46. The molecule has 3 rings (SSSR count). The summed E-state index contributed by atoms with van der Waals surface area (Å²) in [4.78, 5) is 8.14. The Kier molecular flexibility index (Phi) is 4.75. The van der Waals surface area contributed by atoms with E-state index in [1.165, 1.54) is 12.3 Å². The van der Waals surface area contributed by atoms with Crippen LogP contribution in [0.1, 0.15) is 11.1 Å². The van der Waals surface area contributed by atoms with Crippen LogP contribution in [0.15, 0.2) is 54.7 Å². The zero-order valence-electron chi connectivity index (χ0n) is 13.3. The summed E-state index contributed by atoms with van der Waals surface area (Å²) in [6, 6.07) is 12.1. The van der Waals surface area contributed by atoms with Gasteiger partial charge in [0.25, 0.3) is 5.88 Å². The lowest BCUT2D eigenvalue weighted by atomic mass is 10.1. The number of aromatic nitrogens is 2. The topological polar surface area (TPSA) is 61.0 Å². The van der Waals surface area contributed by atoms with Crippen LogP contribution in [-0.2, 0) is 12.8 Å². The van der Waals surface area contributed by atoms with E-state index in [-0.39, 0.29) is 17.3 Å². The van der Waals surface area contributed by atoms with Crippen molar-refractivity contribution in [1.82, 2.24) is 9.97 Å². The summed E-state index contributed by atoms with van der Waals surface area (Å²) in [6.45, 7) is -0.552. The van der Waals surface area contributed by atoms with Crippen LogP contribution in [0, 0.1) is 5.82 Å². The standard InChI is InChI=1S/C18H13F4N3O/c19-13-8-4-7-12(15(13)18(20,21)22)10-26-17-16(23)24-9-14(25-17)11-5-2-1-3-6-11/h1-9H,10H2,(H2,23,24). The first-order valence-corrected chi connectivity index (χ1v) is 7.51. The Morgan fingerprint density at radius 3 is 2.42 bits per heavy atom. The van der Waals surface area contributed by atoms with Crippen LogP contribution in [0.2, 0.25) is 0 Å². The molecule has 0 amide bonds. The molecule has 0 aliphatic rings. The smallest absolute Gasteiger partial charge is 0.419 e. The van der Waals surface area contributed by atoms with Crippen LogP contribution in [0.4, 0.5) is 23.4 Å². The predicted molar refractivity (Wildman–Crippen MR) is 87.6 cm³/mol. The highest BCUT2D eigenvalue weighted by Crippen LogP contribution is 2.34. The van der Waals surface area contributed by atoms with Crippen molar-refractivity contribution in [2.24, 2.45) is 0 Å². The second-order valence-electron chi connectivity index (χ2n) is 5.37. The van der Waals surface area contributed by atoms with Gasteiger partial charge in [0, 0.05) is 11.1 Å². The lowest BCUT2D eigenvalue weighted by Crippen LogP contribution is -2.14. The van der Waals surface area contributed by atoms with Crippen LogP contribution < -0.4 is 10.5 Å². The fourth-order valence-electron chi connectivity index (χ4n) is 2.39. The average molecular weight is 363 g/mol. The van der Waals surface area contributed by atoms with Gasteiger partial charge >= 0.3 is 6.18 Å². The van der Waals surface area contributed by atoms with E-state index in [0.717, 1.165) is 17.7 Å². The number of anilines is 1. The first-order chi connectivity index (χ1) is 12.4. The molecule has 0 bridgehead atoms. The molecule has 0 radical (unpaired) electrons. The van der Waals surface area contributed by atoms with Crippen molar-refractivity contribution in [3.05, 3.63) is 71.7 Å². The molecular weight excluding hydrogens is 350 g/mol. The van der Waals surface area contributed by atoms with Gasteiger partial charge in [0.15, 0.2) is 5.82 Å². The quantitative estimate of drug-likeness (QED) is 0.695. The molecule has 1 aromatic heterocycles. The fraction of sp³-hybridized carbons (Fsp3) is 0.111. The molecule has 2 aromatic carbocycles. The summed E-state index contributed by atoms with van der Waals surface area (Å²) >= 11 is 0. The molecule has 26 heavy (non-hydrogen) atoms. The average Bonchev–Trinajstić information content (AvgIpc) is 2.60. The van der Waals surface area contributed by atoms with Gasteiger partial charge in [-0.3, -0.25) is 0 Å². The molecule has 0 aliphatic heterocycles. The summed E-state index contributed by atoms with van der Waals surface area (Å²) in [5, 5.41) is 0. The van der Waals surface area contributed by atoms with Gasteiger partial charge in [-0.15, -0.1) is 0 Å². The Balaban J connectivity index is 1.89. The molecule has 2 N–H and O–H groups in total. The molecule has 0 atom stereocenters. The monoisotopic (exact) mass is 363 g/mol. The molecule has 0 fully saturated rings. The number of ether oxygens (including phenoxy) is 1. The van der Waals surface area contributed by atoms with Gasteiger partial charge in [0.1, 0.15) is 12.4 Å². The molecule has 0 aliphatic carbocycles. The summed E-state index contributed by atoms with van der Waals surface area (Å²) in [5.41, 5.74) is 5.15. The summed E-state index contributed by atoms with van der Waals surface area (Å²) in [7, 11) is 0. The number of nitrogens with two attached hydrogens (primary N) is 1. The maximum Gasteiger partial charge on any atom is 0.419 e. The summed E-state index contributed by atoms with van der Waals surface area (Å²) < 4.78 is 58.1. The highest BCUT2D eigenvalue weighted by molar-refractivity contribution is 5.60. The van der Waals surface area contributed by atoms with E-state index in [2.05, 4.69) is 9.97 Å². The minimum absolute atomic E-state index is 0.0744. The zero-order chi connectivity index (χ0) is 18.7. The highest BCUT2D eigenvalue weighted by atomic mass is 19.4. The van der Waals surface area contributed by atoms with E-state index >= 15 is 0 Å². The number of rotatable bonds is 4. The van der Waals surface area contributed by atoms with Crippen molar-refractivity contribution < 1.29 is 22.3 Å². The first-order valence-electron chi connectivity index (χ1n) is 7.51. The maximum atomic E-state index is 13.6. The van der Waals surface area contributed by atoms with Crippen molar-refractivity contribution in [2.75, 3.05) is 5.73 Å². The SMILES string of the molecule is Nc1ncc(-c2ccccc2)nc1OCc1cccc(F)c1C(F)(F)F. The van der Waals surface area contributed by atoms with E-state index in [9.17, 15) is 17.6 Å². The van der Waals surface area contributed by atoms with E-state index < -0.39 is 24.2 Å². The van der Waals surface area contributed by atoms with Crippen LogP contribution in [0.3, 0.4) is 0 Å². The maximum absolute atomic E-state index is 13.6. The molecular formula is C18H13F4N3O. The molecule has 3 aromatic rings.